The van der Waals surface area contributed by atoms with Gasteiger partial charge in [0.05, 0.1) is 19.8 Å². The summed E-state index contributed by atoms with van der Waals surface area (Å²) in [5.74, 6) is 0. The fraction of sp³-hybridized carbons (Fsp3) is 0.368. The van der Waals surface area contributed by atoms with E-state index in [0.717, 1.165) is 11.1 Å². The van der Waals surface area contributed by atoms with Crippen LogP contribution in [0.15, 0.2) is 60.7 Å². The van der Waals surface area contributed by atoms with Gasteiger partial charge in [0.2, 0.25) is 0 Å². The van der Waals surface area contributed by atoms with Crippen LogP contribution in [0.5, 0.6) is 0 Å². The molecule has 24 heavy (non-hydrogen) atoms. The summed E-state index contributed by atoms with van der Waals surface area (Å²) >= 11 is 0. The fourth-order valence-corrected chi connectivity index (χ4v) is 2.69. The monoisotopic (exact) mass is 330 g/mol. The van der Waals surface area contributed by atoms with E-state index in [1.807, 2.05) is 60.7 Å². The lowest BCUT2D eigenvalue weighted by molar-refractivity contribution is -0.137. The third-order valence-electron chi connectivity index (χ3n) is 3.99. The van der Waals surface area contributed by atoms with Gasteiger partial charge in [-0.2, -0.15) is 0 Å². The summed E-state index contributed by atoms with van der Waals surface area (Å²) in [7, 11) is 0. The van der Waals surface area contributed by atoms with E-state index in [9.17, 15) is 10.2 Å². The van der Waals surface area contributed by atoms with Crippen LogP contribution >= 0.6 is 0 Å². The van der Waals surface area contributed by atoms with Crippen molar-refractivity contribution in [2.24, 2.45) is 0 Å². The van der Waals surface area contributed by atoms with Crippen LogP contribution in [0.2, 0.25) is 0 Å². The molecule has 1 aliphatic heterocycles. The zero-order valence-electron chi connectivity index (χ0n) is 13.3. The van der Waals surface area contributed by atoms with Crippen LogP contribution in [0.4, 0.5) is 0 Å². The highest BCUT2D eigenvalue weighted by Crippen LogP contribution is 2.24. The van der Waals surface area contributed by atoms with Crippen molar-refractivity contribution in [2.45, 2.75) is 37.8 Å². The Morgan fingerprint density at radius 3 is 2.04 bits per heavy atom. The highest BCUT2D eigenvalue weighted by molar-refractivity contribution is 5.14. The Morgan fingerprint density at radius 2 is 1.42 bits per heavy atom. The topological polar surface area (TPSA) is 68.2 Å². The zero-order valence-corrected chi connectivity index (χ0v) is 13.3. The first-order valence-electron chi connectivity index (χ1n) is 8.03. The number of rotatable bonds is 7. The van der Waals surface area contributed by atoms with Crippen molar-refractivity contribution in [1.82, 2.24) is 0 Å². The molecule has 0 radical (unpaired) electrons. The number of aliphatic hydroxyl groups is 2. The molecule has 1 unspecified atom stereocenters. The molecular weight excluding hydrogens is 308 g/mol. The Bertz CT molecular complexity index is 604. The van der Waals surface area contributed by atoms with Crippen LogP contribution in [0.3, 0.4) is 0 Å². The zero-order chi connectivity index (χ0) is 16.8. The van der Waals surface area contributed by atoms with Gasteiger partial charge in [0, 0.05) is 0 Å². The quantitative estimate of drug-likeness (QED) is 0.811. The van der Waals surface area contributed by atoms with Crippen molar-refractivity contribution in [2.75, 3.05) is 6.61 Å². The first kappa shape index (κ1) is 17.1. The first-order valence-corrected chi connectivity index (χ1v) is 8.03. The Morgan fingerprint density at radius 1 is 0.833 bits per heavy atom. The number of benzene rings is 2. The summed E-state index contributed by atoms with van der Waals surface area (Å²) in [4.78, 5) is 0. The molecule has 0 aromatic heterocycles. The third-order valence-corrected chi connectivity index (χ3v) is 3.99. The molecule has 5 nitrogen and oxygen atoms in total. The first-order chi connectivity index (χ1) is 11.7. The standard InChI is InChI=1S/C19H22O5/c20-17-18(23-12-15-9-5-2-6-10-15)16(24-19(17)21)13-22-11-14-7-3-1-4-8-14/h1-10,16-21H,11-13H2/t16-,17?,18-,19+/m1/s1. The summed E-state index contributed by atoms with van der Waals surface area (Å²) in [5, 5.41) is 19.8. The SMILES string of the molecule is OC1[C@@H](O)O[C@H](COCc2ccccc2)[C@H]1OCc1ccccc1. The van der Waals surface area contributed by atoms with Gasteiger partial charge in [-0.25, -0.2) is 0 Å². The van der Waals surface area contributed by atoms with Crippen molar-refractivity contribution in [3.8, 4) is 0 Å². The molecule has 2 aromatic carbocycles. The molecule has 1 saturated heterocycles. The van der Waals surface area contributed by atoms with Gasteiger partial charge in [0.1, 0.15) is 18.3 Å². The van der Waals surface area contributed by atoms with Crippen LogP contribution in [-0.4, -0.2) is 41.4 Å². The average Bonchev–Trinajstić information content (AvgIpc) is 2.89. The molecule has 5 heteroatoms. The van der Waals surface area contributed by atoms with E-state index in [2.05, 4.69) is 0 Å². The number of hydrogen-bond donors (Lipinski definition) is 2. The highest BCUT2D eigenvalue weighted by Gasteiger charge is 2.43. The minimum absolute atomic E-state index is 0.239. The number of aliphatic hydroxyl groups excluding tert-OH is 2. The molecule has 128 valence electrons. The van der Waals surface area contributed by atoms with Crippen molar-refractivity contribution in [3.05, 3.63) is 71.8 Å². The van der Waals surface area contributed by atoms with Crippen molar-refractivity contribution in [1.29, 1.82) is 0 Å². The Kier molecular flexibility index (Phi) is 5.96. The molecule has 1 aliphatic rings. The van der Waals surface area contributed by atoms with Gasteiger partial charge in [-0.05, 0) is 11.1 Å². The summed E-state index contributed by atoms with van der Waals surface area (Å²) in [6.07, 6.45) is -3.48. The number of hydrogen-bond acceptors (Lipinski definition) is 5. The van der Waals surface area contributed by atoms with E-state index < -0.39 is 24.6 Å². The summed E-state index contributed by atoms with van der Waals surface area (Å²) < 4.78 is 16.8. The third kappa shape index (κ3) is 4.41. The maximum absolute atomic E-state index is 10.1. The predicted molar refractivity (Wildman–Crippen MR) is 88.0 cm³/mol. The Labute approximate surface area is 141 Å². The highest BCUT2D eigenvalue weighted by atomic mass is 16.7. The second-order valence-corrected chi connectivity index (χ2v) is 5.82. The molecule has 0 bridgehead atoms. The Balaban J connectivity index is 1.52. The van der Waals surface area contributed by atoms with Crippen molar-refractivity contribution >= 4 is 0 Å². The Hall–Kier alpha value is -1.76. The van der Waals surface area contributed by atoms with Gasteiger partial charge in [-0.3, -0.25) is 0 Å². The van der Waals surface area contributed by atoms with Crippen molar-refractivity contribution in [3.63, 3.8) is 0 Å². The molecule has 2 N–H and O–H groups in total. The van der Waals surface area contributed by atoms with Gasteiger partial charge in [-0.1, -0.05) is 60.7 Å². The molecule has 4 atom stereocenters. The largest absolute Gasteiger partial charge is 0.385 e. The summed E-state index contributed by atoms with van der Waals surface area (Å²) in [5.41, 5.74) is 2.05. The molecular formula is C19H22O5. The van der Waals surface area contributed by atoms with Crippen molar-refractivity contribution < 1.29 is 24.4 Å². The van der Waals surface area contributed by atoms with Gasteiger partial charge in [0.25, 0.3) is 0 Å². The molecule has 0 aliphatic carbocycles. The normalized spacial score (nSPS) is 26.6. The maximum atomic E-state index is 10.1. The molecule has 0 amide bonds. The lowest BCUT2D eigenvalue weighted by Gasteiger charge is -2.20. The molecule has 0 spiro atoms. The second kappa shape index (κ2) is 8.37. The predicted octanol–water partition coefficient (Wildman–Crippen LogP) is 1.87. The summed E-state index contributed by atoms with van der Waals surface area (Å²) in [6, 6.07) is 19.5. The van der Waals surface area contributed by atoms with Crippen LogP contribution in [0, 0.1) is 0 Å². The van der Waals surface area contributed by atoms with Gasteiger partial charge < -0.3 is 24.4 Å². The molecule has 2 aromatic rings. The molecule has 0 saturated carbocycles. The second-order valence-electron chi connectivity index (χ2n) is 5.82. The van der Waals surface area contributed by atoms with E-state index in [-0.39, 0.29) is 6.61 Å². The van der Waals surface area contributed by atoms with E-state index >= 15 is 0 Å². The minimum atomic E-state index is -1.25. The minimum Gasteiger partial charge on any atom is -0.385 e. The van der Waals surface area contributed by atoms with Crippen LogP contribution in [-0.2, 0) is 27.4 Å². The van der Waals surface area contributed by atoms with Crippen LogP contribution < -0.4 is 0 Å². The fourth-order valence-electron chi connectivity index (χ4n) is 2.69. The summed E-state index contributed by atoms with van der Waals surface area (Å²) in [6.45, 7) is 1.02. The molecule has 3 rings (SSSR count). The lowest BCUT2D eigenvalue weighted by Crippen LogP contribution is -2.37. The van der Waals surface area contributed by atoms with E-state index in [1.54, 1.807) is 0 Å². The van der Waals surface area contributed by atoms with Crippen LogP contribution in [0.25, 0.3) is 0 Å². The van der Waals surface area contributed by atoms with Gasteiger partial charge in [-0.15, -0.1) is 0 Å². The maximum Gasteiger partial charge on any atom is 0.184 e. The van der Waals surface area contributed by atoms with Gasteiger partial charge in [0.15, 0.2) is 6.29 Å². The number of ether oxygens (including phenoxy) is 3. The van der Waals surface area contributed by atoms with E-state index in [1.165, 1.54) is 0 Å². The average molecular weight is 330 g/mol. The van der Waals surface area contributed by atoms with Gasteiger partial charge >= 0.3 is 0 Å². The van der Waals surface area contributed by atoms with Crippen LogP contribution in [0.1, 0.15) is 11.1 Å². The molecule has 1 heterocycles. The molecule has 1 fully saturated rings. The lowest BCUT2D eigenvalue weighted by atomic mass is 10.1. The van der Waals surface area contributed by atoms with E-state index in [4.69, 9.17) is 14.2 Å². The van der Waals surface area contributed by atoms with E-state index in [0.29, 0.717) is 13.2 Å². The smallest absolute Gasteiger partial charge is 0.184 e.